The van der Waals surface area contributed by atoms with Crippen LogP contribution in [0.15, 0.2) is 0 Å². The Kier molecular flexibility index (Phi) is 1.76. The van der Waals surface area contributed by atoms with E-state index in [4.69, 9.17) is 23.2 Å². The number of ketones is 1. The zero-order valence-electron chi connectivity index (χ0n) is 7.07. The van der Waals surface area contributed by atoms with E-state index < -0.39 is 4.33 Å². The standard InChI is InChI=1S/C9H12Cl2O/c1-8-5-3-2-4-6(8)7(12)9(8,10)11/h6H,2-5H2,1H3/t6-,8+/m1/s1. The van der Waals surface area contributed by atoms with Gasteiger partial charge in [0.2, 0.25) is 0 Å². The van der Waals surface area contributed by atoms with Gasteiger partial charge in [-0.05, 0) is 12.8 Å². The van der Waals surface area contributed by atoms with E-state index in [0.717, 1.165) is 25.7 Å². The van der Waals surface area contributed by atoms with Crippen molar-refractivity contribution in [1.29, 1.82) is 0 Å². The maximum absolute atomic E-state index is 11.5. The van der Waals surface area contributed by atoms with Crippen LogP contribution in [0.25, 0.3) is 0 Å². The fourth-order valence-corrected chi connectivity index (χ4v) is 3.27. The van der Waals surface area contributed by atoms with Crippen LogP contribution < -0.4 is 0 Å². The molecule has 0 unspecified atom stereocenters. The number of hydrogen-bond acceptors (Lipinski definition) is 1. The number of Topliss-reactive ketones (excluding diaryl/α,β-unsaturated/α-hetero) is 1. The summed E-state index contributed by atoms with van der Waals surface area (Å²) in [6, 6.07) is 0. The normalized spacial score (nSPS) is 44.9. The summed E-state index contributed by atoms with van der Waals surface area (Å²) in [6.07, 6.45) is 4.28. The molecule has 0 aliphatic heterocycles. The lowest BCUT2D eigenvalue weighted by atomic mass is 9.53. The number of halogens is 2. The van der Waals surface area contributed by atoms with Crippen LogP contribution in [0, 0.1) is 11.3 Å². The Morgan fingerprint density at radius 1 is 1.42 bits per heavy atom. The van der Waals surface area contributed by atoms with Crippen molar-refractivity contribution in [2.45, 2.75) is 36.9 Å². The second-order valence-corrected chi connectivity index (χ2v) is 5.48. The average molecular weight is 207 g/mol. The Balaban J connectivity index is 2.29. The van der Waals surface area contributed by atoms with Gasteiger partial charge in [-0.15, -0.1) is 0 Å². The second kappa shape index (κ2) is 2.39. The third-order valence-electron chi connectivity index (χ3n) is 3.55. The van der Waals surface area contributed by atoms with Gasteiger partial charge in [-0.3, -0.25) is 4.79 Å². The van der Waals surface area contributed by atoms with E-state index >= 15 is 0 Å². The van der Waals surface area contributed by atoms with Crippen LogP contribution in [0.5, 0.6) is 0 Å². The molecule has 2 fully saturated rings. The summed E-state index contributed by atoms with van der Waals surface area (Å²) < 4.78 is -1.09. The minimum absolute atomic E-state index is 0.0491. The largest absolute Gasteiger partial charge is 0.296 e. The van der Waals surface area contributed by atoms with E-state index in [2.05, 4.69) is 0 Å². The first-order chi connectivity index (χ1) is 5.50. The van der Waals surface area contributed by atoms with Crippen molar-refractivity contribution in [3.8, 4) is 0 Å². The Morgan fingerprint density at radius 3 is 2.67 bits per heavy atom. The third-order valence-corrected chi connectivity index (χ3v) is 4.79. The molecule has 0 amide bonds. The van der Waals surface area contributed by atoms with Gasteiger partial charge in [0.15, 0.2) is 10.1 Å². The summed E-state index contributed by atoms with van der Waals surface area (Å²) >= 11 is 12.0. The van der Waals surface area contributed by atoms with Crippen LogP contribution >= 0.6 is 23.2 Å². The van der Waals surface area contributed by atoms with E-state index in [9.17, 15) is 4.79 Å². The average Bonchev–Trinajstić information content (AvgIpc) is 2.04. The van der Waals surface area contributed by atoms with Crippen LogP contribution in [-0.4, -0.2) is 10.1 Å². The summed E-state index contributed by atoms with van der Waals surface area (Å²) in [5, 5.41) is 0. The number of fused-ring (bicyclic) bond motifs is 1. The number of carbonyl (C=O) groups is 1. The van der Waals surface area contributed by atoms with Crippen LogP contribution in [0.1, 0.15) is 32.6 Å². The molecule has 0 aromatic heterocycles. The van der Waals surface area contributed by atoms with Gasteiger partial charge in [0, 0.05) is 11.3 Å². The molecule has 12 heavy (non-hydrogen) atoms. The van der Waals surface area contributed by atoms with Crippen molar-refractivity contribution >= 4 is 29.0 Å². The topological polar surface area (TPSA) is 17.1 Å². The predicted octanol–water partition coefficient (Wildman–Crippen LogP) is 2.94. The van der Waals surface area contributed by atoms with Gasteiger partial charge in [-0.25, -0.2) is 0 Å². The van der Waals surface area contributed by atoms with Crippen molar-refractivity contribution in [2.75, 3.05) is 0 Å². The lowest BCUT2D eigenvalue weighted by Gasteiger charge is -2.57. The SMILES string of the molecule is C[C@]12CCCC[C@@H]1C(=O)C2(Cl)Cl. The predicted molar refractivity (Wildman–Crippen MR) is 49.5 cm³/mol. The van der Waals surface area contributed by atoms with E-state index in [1.165, 1.54) is 0 Å². The van der Waals surface area contributed by atoms with E-state index in [-0.39, 0.29) is 17.1 Å². The Labute approximate surface area is 82.4 Å². The quantitative estimate of drug-likeness (QED) is 0.558. The highest BCUT2D eigenvalue weighted by atomic mass is 35.5. The maximum atomic E-state index is 11.5. The summed E-state index contributed by atoms with van der Waals surface area (Å²) in [7, 11) is 0. The van der Waals surface area contributed by atoms with Gasteiger partial charge in [0.25, 0.3) is 0 Å². The number of carbonyl (C=O) groups excluding carboxylic acids is 1. The Morgan fingerprint density at radius 2 is 2.08 bits per heavy atom. The first-order valence-corrected chi connectivity index (χ1v) is 5.18. The number of hydrogen-bond donors (Lipinski definition) is 0. The first kappa shape index (κ1) is 8.83. The molecule has 0 saturated heterocycles. The number of alkyl halides is 2. The van der Waals surface area contributed by atoms with E-state index in [1.54, 1.807) is 0 Å². The number of rotatable bonds is 0. The molecule has 0 N–H and O–H groups in total. The summed E-state index contributed by atoms with van der Waals surface area (Å²) in [5.74, 6) is 0.189. The molecule has 3 heteroatoms. The zero-order chi connectivity index (χ0) is 8.98. The summed E-state index contributed by atoms with van der Waals surface area (Å²) in [6.45, 7) is 2.04. The van der Waals surface area contributed by atoms with E-state index in [0.29, 0.717) is 0 Å². The monoisotopic (exact) mass is 206 g/mol. The minimum atomic E-state index is -1.09. The lowest BCUT2D eigenvalue weighted by Crippen LogP contribution is -2.65. The minimum Gasteiger partial charge on any atom is -0.296 e. The lowest BCUT2D eigenvalue weighted by molar-refractivity contribution is -0.147. The Hall–Kier alpha value is 0.250. The van der Waals surface area contributed by atoms with Gasteiger partial charge < -0.3 is 0 Å². The van der Waals surface area contributed by atoms with Crippen molar-refractivity contribution < 1.29 is 4.79 Å². The molecule has 2 aliphatic carbocycles. The molecular formula is C9H12Cl2O. The second-order valence-electron chi connectivity index (χ2n) is 4.15. The van der Waals surface area contributed by atoms with Crippen LogP contribution in [0.2, 0.25) is 0 Å². The van der Waals surface area contributed by atoms with Crippen molar-refractivity contribution in [2.24, 2.45) is 11.3 Å². The molecular weight excluding hydrogens is 195 g/mol. The van der Waals surface area contributed by atoms with Crippen molar-refractivity contribution in [3.05, 3.63) is 0 Å². The van der Waals surface area contributed by atoms with Gasteiger partial charge in [-0.1, -0.05) is 43.0 Å². The summed E-state index contributed by atoms with van der Waals surface area (Å²) in [5.41, 5.74) is -0.133. The Bertz CT molecular complexity index is 237. The van der Waals surface area contributed by atoms with Crippen LogP contribution in [0.4, 0.5) is 0 Å². The highest BCUT2D eigenvalue weighted by Crippen LogP contribution is 2.63. The van der Waals surface area contributed by atoms with E-state index in [1.807, 2.05) is 6.92 Å². The molecule has 0 aromatic carbocycles. The molecule has 1 nitrogen and oxygen atoms in total. The molecule has 2 aliphatic rings. The molecule has 0 bridgehead atoms. The van der Waals surface area contributed by atoms with Crippen molar-refractivity contribution in [1.82, 2.24) is 0 Å². The molecule has 0 radical (unpaired) electrons. The van der Waals surface area contributed by atoms with Crippen LogP contribution in [0.3, 0.4) is 0 Å². The molecule has 2 rings (SSSR count). The molecule has 68 valence electrons. The molecule has 2 saturated carbocycles. The van der Waals surface area contributed by atoms with Crippen molar-refractivity contribution in [3.63, 3.8) is 0 Å². The van der Waals surface area contributed by atoms with Crippen LogP contribution in [-0.2, 0) is 4.79 Å². The molecule has 0 heterocycles. The first-order valence-electron chi connectivity index (χ1n) is 4.42. The summed E-state index contributed by atoms with van der Waals surface area (Å²) in [4.78, 5) is 11.5. The zero-order valence-corrected chi connectivity index (χ0v) is 8.58. The van der Waals surface area contributed by atoms with Gasteiger partial charge in [-0.2, -0.15) is 0 Å². The third kappa shape index (κ3) is 0.793. The smallest absolute Gasteiger partial charge is 0.182 e. The molecule has 0 aromatic rings. The van der Waals surface area contributed by atoms with Gasteiger partial charge in [0.05, 0.1) is 0 Å². The maximum Gasteiger partial charge on any atom is 0.182 e. The highest BCUT2D eigenvalue weighted by Gasteiger charge is 2.68. The molecule has 2 atom stereocenters. The fourth-order valence-electron chi connectivity index (χ4n) is 2.55. The van der Waals surface area contributed by atoms with Gasteiger partial charge in [0.1, 0.15) is 0 Å². The fraction of sp³-hybridized carbons (Fsp3) is 0.889. The van der Waals surface area contributed by atoms with Gasteiger partial charge >= 0.3 is 0 Å². The highest BCUT2D eigenvalue weighted by molar-refractivity contribution is 6.61. The molecule has 0 spiro atoms.